The van der Waals surface area contributed by atoms with Gasteiger partial charge in [-0.3, -0.25) is 4.79 Å². The van der Waals surface area contributed by atoms with E-state index < -0.39 is 17.5 Å². The molecule has 0 fully saturated rings. The van der Waals surface area contributed by atoms with Crippen LogP contribution in [0.25, 0.3) is 0 Å². The Hall–Kier alpha value is -0.850. The molecule has 1 rings (SSSR count). The predicted octanol–water partition coefficient (Wildman–Crippen LogP) is 0.538. The van der Waals surface area contributed by atoms with E-state index in [-0.39, 0.29) is 4.91 Å². The van der Waals surface area contributed by atoms with Crippen LogP contribution < -0.4 is 11.1 Å². The minimum absolute atomic E-state index is 0.0997. The minimum atomic E-state index is -4.36. The van der Waals surface area contributed by atoms with Crippen molar-refractivity contribution >= 4 is 17.7 Å². The van der Waals surface area contributed by atoms with Crippen molar-refractivity contribution in [3.8, 4) is 0 Å². The lowest BCUT2D eigenvalue weighted by Crippen LogP contribution is -2.33. The summed E-state index contributed by atoms with van der Waals surface area (Å²) >= 11 is 0.376. The van der Waals surface area contributed by atoms with Gasteiger partial charge < -0.3 is 11.1 Å². The van der Waals surface area contributed by atoms with Crippen molar-refractivity contribution < 1.29 is 18.0 Å². The fourth-order valence-electron chi connectivity index (χ4n) is 0.637. The van der Waals surface area contributed by atoms with Gasteiger partial charge in [0.1, 0.15) is 0 Å². The molecule has 0 radical (unpaired) electrons. The van der Waals surface area contributed by atoms with E-state index in [1.165, 1.54) is 0 Å². The third kappa shape index (κ3) is 1.84. The molecule has 7 heteroatoms. The summed E-state index contributed by atoms with van der Waals surface area (Å²) < 4.78 is 35.8. The summed E-state index contributed by atoms with van der Waals surface area (Å²) in [6.07, 6.45) is -3.39. The molecule has 0 saturated heterocycles. The third-order valence-corrected chi connectivity index (χ3v) is 2.36. The average Bonchev–Trinajstić information content (AvgIpc) is 2.30. The zero-order valence-electron chi connectivity index (χ0n) is 5.68. The molecule has 3 nitrogen and oxygen atoms in total. The fraction of sp³-hybridized carbons (Fsp3) is 0.400. The van der Waals surface area contributed by atoms with E-state index in [2.05, 4.69) is 0 Å². The number of thioether (sulfide) groups is 1. The maximum absolute atomic E-state index is 11.9. The fourth-order valence-corrected chi connectivity index (χ4v) is 1.41. The lowest BCUT2D eigenvalue weighted by molar-refractivity contribution is -0.131. The molecule has 0 aromatic heterocycles. The smallest absolute Gasteiger partial charge is 0.370 e. The summed E-state index contributed by atoms with van der Waals surface area (Å²) in [5, 5.41) is 0.253. The van der Waals surface area contributed by atoms with Crippen LogP contribution >= 0.6 is 11.8 Å². The molecule has 1 unspecified atom stereocenters. The summed E-state index contributed by atoms with van der Waals surface area (Å²) in [6.45, 7) is 0. The van der Waals surface area contributed by atoms with Gasteiger partial charge in [0.2, 0.25) is 0 Å². The largest absolute Gasteiger partial charge is 0.418 e. The molecular formula is C5H5F3N2OS. The van der Waals surface area contributed by atoms with E-state index in [0.29, 0.717) is 11.8 Å². The number of primary amides is 1. The molecule has 3 N–H and O–H groups in total. The van der Waals surface area contributed by atoms with Gasteiger partial charge in [0, 0.05) is 6.20 Å². The Morgan fingerprint density at radius 3 is 2.50 bits per heavy atom. The van der Waals surface area contributed by atoms with E-state index >= 15 is 0 Å². The van der Waals surface area contributed by atoms with Crippen molar-refractivity contribution in [2.24, 2.45) is 5.73 Å². The van der Waals surface area contributed by atoms with Crippen LogP contribution in [0.2, 0.25) is 0 Å². The first-order valence-electron chi connectivity index (χ1n) is 2.90. The van der Waals surface area contributed by atoms with Crippen molar-refractivity contribution in [2.75, 3.05) is 0 Å². The quantitative estimate of drug-likeness (QED) is 0.646. The number of halogens is 3. The number of hydrogen-bond donors (Lipinski definition) is 2. The van der Waals surface area contributed by atoms with Crippen molar-refractivity contribution in [3.63, 3.8) is 0 Å². The zero-order chi connectivity index (χ0) is 9.35. The van der Waals surface area contributed by atoms with Gasteiger partial charge in [0.15, 0.2) is 5.37 Å². The normalized spacial score (nSPS) is 23.2. The van der Waals surface area contributed by atoms with Gasteiger partial charge in [0.25, 0.3) is 5.91 Å². The molecule has 0 bridgehead atoms. The molecular weight excluding hydrogens is 193 g/mol. The molecule has 1 atom stereocenters. The average molecular weight is 198 g/mol. The number of carbonyl (C=O) groups is 1. The van der Waals surface area contributed by atoms with Crippen LogP contribution in [0.4, 0.5) is 13.2 Å². The lowest BCUT2D eigenvalue weighted by Gasteiger charge is -2.13. The lowest BCUT2D eigenvalue weighted by atomic mass is 10.5. The van der Waals surface area contributed by atoms with Crippen LogP contribution in [-0.4, -0.2) is 17.5 Å². The number of amides is 1. The number of nitrogens with two attached hydrogens (primary N) is 1. The summed E-state index contributed by atoms with van der Waals surface area (Å²) in [7, 11) is 0. The molecule has 1 aliphatic heterocycles. The van der Waals surface area contributed by atoms with E-state index in [1.807, 2.05) is 5.32 Å². The number of rotatable bonds is 1. The maximum atomic E-state index is 11.9. The summed E-state index contributed by atoms with van der Waals surface area (Å²) in [4.78, 5) is 10.3. The van der Waals surface area contributed by atoms with Crippen LogP contribution in [0, 0.1) is 0 Å². The van der Waals surface area contributed by atoms with Crippen molar-refractivity contribution in [2.45, 2.75) is 11.6 Å². The second kappa shape index (κ2) is 2.89. The first-order valence-corrected chi connectivity index (χ1v) is 3.78. The Morgan fingerprint density at radius 1 is 1.67 bits per heavy atom. The highest BCUT2D eigenvalue weighted by molar-refractivity contribution is 8.04. The molecule has 0 aliphatic carbocycles. The molecule has 0 aromatic carbocycles. The molecule has 0 aromatic rings. The topological polar surface area (TPSA) is 55.1 Å². The zero-order valence-corrected chi connectivity index (χ0v) is 6.50. The maximum Gasteiger partial charge on any atom is 0.418 e. The van der Waals surface area contributed by atoms with Crippen LogP contribution in [0.1, 0.15) is 0 Å². The number of carbonyl (C=O) groups excluding carboxylic acids is 1. The molecule has 1 heterocycles. The Kier molecular flexibility index (Phi) is 2.22. The van der Waals surface area contributed by atoms with Gasteiger partial charge in [0.05, 0.1) is 4.91 Å². The summed E-state index contributed by atoms with van der Waals surface area (Å²) in [5.41, 5.74) is 4.77. The van der Waals surface area contributed by atoms with Gasteiger partial charge >= 0.3 is 6.18 Å². The molecule has 0 spiro atoms. The molecule has 12 heavy (non-hydrogen) atoms. The van der Waals surface area contributed by atoms with Gasteiger partial charge in [-0.1, -0.05) is 11.8 Å². The monoisotopic (exact) mass is 198 g/mol. The highest BCUT2D eigenvalue weighted by atomic mass is 32.2. The standard InChI is InChI=1S/C5H5F3N2OS/c6-5(7,8)4-10-1-2(12-4)3(9)11/h1,4,10H,(H2,9,11). The Balaban J connectivity index is 2.59. The Bertz CT molecular complexity index is 237. The molecule has 0 saturated carbocycles. The van der Waals surface area contributed by atoms with Crippen molar-refractivity contribution in [3.05, 3.63) is 11.1 Å². The van der Waals surface area contributed by atoms with Gasteiger partial charge in [-0.2, -0.15) is 13.2 Å². The highest BCUT2D eigenvalue weighted by Crippen LogP contribution is 2.36. The molecule has 68 valence electrons. The second-order valence-electron chi connectivity index (χ2n) is 2.08. The predicted molar refractivity (Wildman–Crippen MR) is 37.8 cm³/mol. The van der Waals surface area contributed by atoms with Gasteiger partial charge in [-0.15, -0.1) is 0 Å². The van der Waals surface area contributed by atoms with Crippen molar-refractivity contribution in [1.29, 1.82) is 0 Å². The third-order valence-electron chi connectivity index (χ3n) is 1.15. The van der Waals surface area contributed by atoms with Crippen LogP contribution in [0.5, 0.6) is 0 Å². The Labute approximate surface area is 70.2 Å². The van der Waals surface area contributed by atoms with Gasteiger partial charge in [-0.25, -0.2) is 0 Å². The number of nitrogens with one attached hydrogen (secondary N) is 1. The van der Waals surface area contributed by atoms with Crippen LogP contribution in [0.3, 0.4) is 0 Å². The summed E-state index contributed by atoms with van der Waals surface area (Å²) in [6, 6.07) is 0. The SMILES string of the molecule is NC(=O)C1=CNC(C(F)(F)F)S1. The van der Waals surface area contributed by atoms with E-state index in [0.717, 1.165) is 6.20 Å². The van der Waals surface area contributed by atoms with E-state index in [9.17, 15) is 18.0 Å². The highest BCUT2D eigenvalue weighted by Gasteiger charge is 2.43. The molecule has 1 aliphatic rings. The minimum Gasteiger partial charge on any atom is -0.370 e. The van der Waals surface area contributed by atoms with Crippen LogP contribution in [-0.2, 0) is 4.79 Å². The first kappa shape index (κ1) is 9.24. The second-order valence-corrected chi connectivity index (χ2v) is 3.23. The first-order chi connectivity index (χ1) is 5.41. The number of alkyl halides is 3. The summed E-state index contributed by atoms with van der Waals surface area (Å²) in [5.74, 6) is -0.848. The Morgan fingerprint density at radius 2 is 2.25 bits per heavy atom. The van der Waals surface area contributed by atoms with E-state index in [4.69, 9.17) is 5.73 Å². The number of hydrogen-bond acceptors (Lipinski definition) is 3. The van der Waals surface area contributed by atoms with E-state index in [1.54, 1.807) is 0 Å². The van der Waals surface area contributed by atoms with Crippen molar-refractivity contribution in [1.82, 2.24) is 5.32 Å². The van der Waals surface area contributed by atoms with Gasteiger partial charge in [-0.05, 0) is 0 Å². The van der Waals surface area contributed by atoms with Crippen LogP contribution in [0.15, 0.2) is 11.1 Å². The molecule has 1 amide bonds.